The van der Waals surface area contributed by atoms with E-state index in [4.69, 9.17) is 0 Å². The van der Waals surface area contributed by atoms with E-state index in [2.05, 4.69) is 45.8 Å². The van der Waals surface area contributed by atoms with Crippen LogP contribution in [0.25, 0.3) is 0 Å². The maximum absolute atomic E-state index is 4.24. The highest BCUT2D eigenvalue weighted by Crippen LogP contribution is 2.04. The van der Waals surface area contributed by atoms with Gasteiger partial charge in [-0.3, -0.25) is 9.89 Å². The van der Waals surface area contributed by atoms with Crippen LogP contribution in [-0.2, 0) is 0 Å². The Morgan fingerprint density at radius 1 is 1.32 bits per heavy atom. The van der Waals surface area contributed by atoms with E-state index >= 15 is 0 Å². The summed E-state index contributed by atoms with van der Waals surface area (Å²) in [7, 11) is 6.21. The van der Waals surface area contributed by atoms with E-state index in [-0.39, 0.29) is 24.0 Å². The molecule has 0 bridgehead atoms. The van der Waals surface area contributed by atoms with E-state index in [1.54, 1.807) is 0 Å². The van der Waals surface area contributed by atoms with Crippen LogP contribution in [0.4, 0.5) is 0 Å². The number of aliphatic imine (C=N–C) groups is 1. The summed E-state index contributed by atoms with van der Waals surface area (Å²) in [5.74, 6) is 2.01. The van der Waals surface area contributed by atoms with Crippen molar-refractivity contribution in [3.8, 4) is 0 Å². The maximum Gasteiger partial charge on any atom is 0.191 e. The van der Waals surface area contributed by atoms with Crippen LogP contribution >= 0.6 is 35.7 Å². The zero-order valence-corrected chi connectivity index (χ0v) is 15.6. The second-order valence-corrected chi connectivity index (χ2v) is 5.75. The predicted octanol–water partition coefficient (Wildman–Crippen LogP) is 0.378. The molecule has 1 saturated heterocycles. The molecule has 114 valence electrons. The van der Waals surface area contributed by atoms with Gasteiger partial charge < -0.3 is 15.5 Å². The second-order valence-electron chi connectivity index (χ2n) is 4.77. The van der Waals surface area contributed by atoms with Crippen LogP contribution < -0.4 is 10.6 Å². The molecule has 0 saturated carbocycles. The van der Waals surface area contributed by atoms with Gasteiger partial charge in [0.15, 0.2) is 5.96 Å². The summed E-state index contributed by atoms with van der Waals surface area (Å²) in [6.07, 6.45) is 2.12. The molecule has 19 heavy (non-hydrogen) atoms. The molecule has 0 aliphatic carbocycles. The van der Waals surface area contributed by atoms with Gasteiger partial charge in [0, 0.05) is 51.6 Å². The Bertz CT molecular complexity index is 265. The van der Waals surface area contributed by atoms with E-state index in [1.165, 1.54) is 0 Å². The van der Waals surface area contributed by atoms with E-state index in [0.717, 1.165) is 44.4 Å². The van der Waals surface area contributed by atoms with Crippen molar-refractivity contribution in [1.29, 1.82) is 0 Å². The molecule has 0 aromatic carbocycles. The number of thioether (sulfide) groups is 1. The zero-order chi connectivity index (χ0) is 13.4. The molecular weight excluding hydrogens is 373 g/mol. The van der Waals surface area contributed by atoms with Gasteiger partial charge in [-0.25, -0.2) is 0 Å². The Morgan fingerprint density at radius 3 is 2.68 bits per heavy atom. The molecule has 1 aliphatic heterocycles. The Labute approximate surface area is 139 Å². The minimum Gasteiger partial charge on any atom is -0.356 e. The average Bonchev–Trinajstić information content (AvgIpc) is 2.37. The molecule has 0 spiro atoms. The van der Waals surface area contributed by atoms with Crippen LogP contribution in [0.15, 0.2) is 4.99 Å². The van der Waals surface area contributed by atoms with Crippen molar-refractivity contribution >= 4 is 41.7 Å². The molecule has 1 atom stereocenters. The van der Waals surface area contributed by atoms with Gasteiger partial charge in [-0.2, -0.15) is 11.8 Å². The normalized spacial score (nSPS) is 21.9. The van der Waals surface area contributed by atoms with Crippen molar-refractivity contribution in [2.75, 3.05) is 65.9 Å². The number of piperazine rings is 1. The largest absolute Gasteiger partial charge is 0.356 e. The number of hydrogen-bond acceptors (Lipinski definition) is 4. The number of hydrogen-bond donors (Lipinski definition) is 2. The number of halogens is 1. The molecule has 0 radical (unpaired) electrons. The topological polar surface area (TPSA) is 42.9 Å². The molecule has 1 rings (SSSR count). The van der Waals surface area contributed by atoms with E-state index in [1.807, 2.05) is 18.8 Å². The van der Waals surface area contributed by atoms with Crippen LogP contribution in [0.1, 0.15) is 0 Å². The first-order chi connectivity index (χ1) is 8.67. The highest BCUT2D eigenvalue weighted by Gasteiger charge is 2.21. The molecular formula is C12H28IN5S. The molecule has 0 aromatic heterocycles. The fraction of sp³-hybridized carbons (Fsp3) is 0.917. The summed E-state index contributed by atoms with van der Waals surface area (Å²) in [5, 5.41) is 6.73. The molecule has 0 amide bonds. The Balaban J connectivity index is 0.00000324. The zero-order valence-electron chi connectivity index (χ0n) is 12.5. The van der Waals surface area contributed by atoms with Crippen LogP contribution in [-0.4, -0.2) is 87.7 Å². The maximum atomic E-state index is 4.24. The summed E-state index contributed by atoms with van der Waals surface area (Å²) in [6, 6.07) is 0.558. The molecule has 1 heterocycles. The smallest absolute Gasteiger partial charge is 0.191 e. The molecule has 0 aromatic rings. The fourth-order valence-corrected chi connectivity index (χ4v) is 2.33. The standard InChI is InChI=1S/C12H27N5S.HI/c1-13-12(14-5-8-18-4)15-9-11-10-16(2)6-7-17(11)3;/h11H,5-10H2,1-4H3,(H2,13,14,15);1H. The van der Waals surface area contributed by atoms with Gasteiger partial charge in [0.25, 0.3) is 0 Å². The average molecular weight is 401 g/mol. The number of guanidine groups is 1. The first kappa shape index (κ1) is 19.3. The van der Waals surface area contributed by atoms with Crippen molar-refractivity contribution in [3.63, 3.8) is 0 Å². The lowest BCUT2D eigenvalue weighted by molar-refractivity contribution is 0.116. The number of rotatable bonds is 5. The third-order valence-corrected chi connectivity index (χ3v) is 3.92. The summed E-state index contributed by atoms with van der Waals surface area (Å²) in [6.45, 7) is 5.32. The van der Waals surface area contributed by atoms with Crippen LogP contribution in [0, 0.1) is 0 Å². The Hall–Kier alpha value is 0.270. The summed E-state index contributed by atoms with van der Waals surface area (Å²) < 4.78 is 0. The highest BCUT2D eigenvalue weighted by atomic mass is 127. The highest BCUT2D eigenvalue weighted by molar-refractivity contribution is 14.0. The first-order valence-corrected chi connectivity index (χ1v) is 7.89. The van der Waals surface area contributed by atoms with E-state index < -0.39 is 0 Å². The van der Waals surface area contributed by atoms with Crippen LogP contribution in [0.5, 0.6) is 0 Å². The molecule has 1 fully saturated rings. The quantitative estimate of drug-likeness (QED) is 0.302. The molecule has 2 N–H and O–H groups in total. The van der Waals surface area contributed by atoms with Gasteiger partial charge in [-0.05, 0) is 20.4 Å². The lowest BCUT2D eigenvalue weighted by Crippen LogP contribution is -2.55. The first-order valence-electron chi connectivity index (χ1n) is 6.49. The molecule has 1 unspecified atom stereocenters. The van der Waals surface area contributed by atoms with Gasteiger partial charge in [-0.15, -0.1) is 24.0 Å². The van der Waals surface area contributed by atoms with Gasteiger partial charge in [-0.1, -0.05) is 0 Å². The van der Waals surface area contributed by atoms with E-state index in [9.17, 15) is 0 Å². The molecule has 7 heteroatoms. The SMILES string of the molecule is CN=C(NCCSC)NCC1CN(C)CCN1C.I. The molecule has 1 aliphatic rings. The van der Waals surface area contributed by atoms with Gasteiger partial charge >= 0.3 is 0 Å². The van der Waals surface area contributed by atoms with E-state index in [0.29, 0.717) is 6.04 Å². The second kappa shape index (κ2) is 11.0. The van der Waals surface area contributed by atoms with Crippen molar-refractivity contribution < 1.29 is 0 Å². The predicted molar refractivity (Wildman–Crippen MR) is 97.1 cm³/mol. The summed E-state index contributed by atoms with van der Waals surface area (Å²) in [5.41, 5.74) is 0. The third-order valence-electron chi connectivity index (χ3n) is 3.31. The van der Waals surface area contributed by atoms with Crippen molar-refractivity contribution in [2.45, 2.75) is 6.04 Å². The lowest BCUT2D eigenvalue weighted by atomic mass is 10.2. The Kier molecular flexibility index (Phi) is 11.1. The third kappa shape index (κ3) is 7.57. The number of likely N-dealkylation sites (N-methyl/N-ethyl adjacent to an activating group) is 2. The monoisotopic (exact) mass is 401 g/mol. The molecule has 5 nitrogen and oxygen atoms in total. The van der Waals surface area contributed by atoms with Crippen molar-refractivity contribution in [1.82, 2.24) is 20.4 Å². The lowest BCUT2D eigenvalue weighted by Gasteiger charge is -2.37. The van der Waals surface area contributed by atoms with Gasteiger partial charge in [0.2, 0.25) is 0 Å². The van der Waals surface area contributed by atoms with Crippen LogP contribution in [0.3, 0.4) is 0 Å². The van der Waals surface area contributed by atoms with Gasteiger partial charge in [0.05, 0.1) is 0 Å². The van der Waals surface area contributed by atoms with Crippen molar-refractivity contribution in [2.24, 2.45) is 4.99 Å². The van der Waals surface area contributed by atoms with Gasteiger partial charge in [0.1, 0.15) is 0 Å². The van der Waals surface area contributed by atoms with Crippen molar-refractivity contribution in [3.05, 3.63) is 0 Å². The summed E-state index contributed by atoms with van der Waals surface area (Å²) >= 11 is 1.84. The number of nitrogens with one attached hydrogen (secondary N) is 2. The number of nitrogens with zero attached hydrogens (tertiary/aromatic N) is 3. The summed E-state index contributed by atoms with van der Waals surface area (Å²) in [4.78, 5) is 9.05. The van der Waals surface area contributed by atoms with Crippen LogP contribution in [0.2, 0.25) is 0 Å². The minimum atomic E-state index is 0. The fourth-order valence-electron chi connectivity index (χ4n) is 2.03. The Morgan fingerprint density at radius 2 is 2.05 bits per heavy atom. The minimum absolute atomic E-state index is 0.